The van der Waals surface area contributed by atoms with Crippen molar-refractivity contribution < 1.29 is 22.0 Å². The van der Waals surface area contributed by atoms with Gasteiger partial charge in [0.25, 0.3) is 0 Å². The summed E-state index contributed by atoms with van der Waals surface area (Å²) in [6.07, 6.45) is -8.92. The molecule has 11 heavy (non-hydrogen) atoms. The average Bonchev–Trinajstić information content (AvgIpc) is 1.59. The molecule has 6 heteroatoms. The second-order valence-electron chi connectivity index (χ2n) is 2.10. The van der Waals surface area contributed by atoms with Crippen LogP contribution in [0.1, 0.15) is 0 Å². The number of hydrogen-bond acceptors (Lipinski definition) is 1. The van der Waals surface area contributed by atoms with Crippen LogP contribution in [0.5, 0.6) is 0 Å². The van der Waals surface area contributed by atoms with Gasteiger partial charge in [-0.05, 0) is 21.1 Å². The summed E-state index contributed by atoms with van der Waals surface area (Å²) in [5.74, 6) is 0. The maximum Gasteiger partial charge on any atom is 0.460 e. The first-order valence-corrected chi connectivity index (χ1v) is 2.54. The van der Waals surface area contributed by atoms with Gasteiger partial charge in [-0.15, -0.1) is 0 Å². The minimum absolute atomic E-state index is 2.00. The molecule has 0 aliphatic heterocycles. The van der Waals surface area contributed by atoms with Gasteiger partial charge in [-0.2, -0.15) is 22.0 Å². The third-order valence-electron chi connectivity index (χ3n) is 0.214. The molecule has 0 saturated carbocycles. The lowest BCUT2D eigenvalue weighted by molar-refractivity contribution is -0.165. The zero-order valence-electron chi connectivity index (χ0n) is 6.34. The van der Waals surface area contributed by atoms with Crippen LogP contribution in [0.4, 0.5) is 22.0 Å². The Kier molecular flexibility index (Phi) is 6.35. The molecule has 0 atom stereocenters. The van der Waals surface area contributed by atoms with E-state index >= 15 is 0 Å². The van der Waals surface area contributed by atoms with Crippen LogP contribution in [-0.2, 0) is 0 Å². The molecule has 0 saturated heterocycles. The Morgan fingerprint density at radius 3 is 1.09 bits per heavy atom. The summed E-state index contributed by atoms with van der Waals surface area (Å²) in [5, 5.41) is 0. The minimum Gasteiger partial charge on any atom is -0.312 e. The number of hydrogen-bond donors (Lipinski definition) is 0. The summed E-state index contributed by atoms with van der Waals surface area (Å²) in [7, 11) is 6.00. The van der Waals surface area contributed by atoms with E-state index in [4.69, 9.17) is 0 Å². The van der Waals surface area contributed by atoms with Crippen molar-refractivity contribution >= 4 is 0 Å². The molecule has 0 aliphatic carbocycles. The van der Waals surface area contributed by atoms with Crippen LogP contribution in [0, 0.1) is 6.43 Å². The van der Waals surface area contributed by atoms with Gasteiger partial charge in [-0.3, -0.25) is 0 Å². The number of nitrogens with zero attached hydrogens (tertiary/aromatic N) is 1. The minimum atomic E-state index is -5.42. The zero-order chi connectivity index (χ0) is 9.65. The van der Waals surface area contributed by atoms with Crippen LogP contribution in [0.3, 0.4) is 0 Å². The Morgan fingerprint density at radius 1 is 1.00 bits per heavy atom. The van der Waals surface area contributed by atoms with Crippen molar-refractivity contribution in [1.82, 2.24) is 4.90 Å². The van der Waals surface area contributed by atoms with Gasteiger partial charge in [0.05, 0.1) is 0 Å². The van der Waals surface area contributed by atoms with Gasteiger partial charge in [-0.25, -0.2) is 0 Å². The largest absolute Gasteiger partial charge is 0.460 e. The fraction of sp³-hybridized carbons (Fsp3) is 0.800. The zero-order valence-corrected chi connectivity index (χ0v) is 6.34. The van der Waals surface area contributed by atoms with Crippen molar-refractivity contribution in [3.8, 4) is 0 Å². The fourth-order valence-corrected chi connectivity index (χ4v) is 0. The van der Waals surface area contributed by atoms with Gasteiger partial charge in [0, 0.05) is 0 Å². The number of alkyl halides is 3. The number of halogens is 5. The van der Waals surface area contributed by atoms with Crippen molar-refractivity contribution in [1.29, 1.82) is 0 Å². The quantitative estimate of drug-likeness (QED) is 0.514. The highest BCUT2D eigenvalue weighted by Crippen LogP contribution is 2.29. The monoisotopic (exact) mass is 178 g/mol. The highest BCUT2D eigenvalue weighted by molar-refractivity contribution is 4.69. The van der Waals surface area contributed by atoms with E-state index in [1.807, 2.05) is 26.0 Å². The van der Waals surface area contributed by atoms with E-state index in [9.17, 15) is 22.0 Å². The van der Waals surface area contributed by atoms with Crippen LogP contribution < -0.4 is 0 Å². The van der Waals surface area contributed by atoms with Crippen LogP contribution in [0.25, 0.3) is 0 Å². The predicted molar refractivity (Wildman–Crippen MR) is 31.1 cm³/mol. The Bertz CT molecular complexity index is 84.6. The summed E-state index contributed by atoms with van der Waals surface area (Å²) >= 11 is 0. The highest BCUT2D eigenvalue weighted by atomic mass is 19.4. The van der Waals surface area contributed by atoms with Crippen molar-refractivity contribution in [2.75, 3.05) is 21.1 Å². The van der Waals surface area contributed by atoms with E-state index in [1.165, 1.54) is 0 Å². The lowest BCUT2D eigenvalue weighted by Gasteiger charge is -1.98. The van der Waals surface area contributed by atoms with Crippen molar-refractivity contribution in [3.63, 3.8) is 0 Å². The van der Waals surface area contributed by atoms with Crippen molar-refractivity contribution in [3.05, 3.63) is 6.43 Å². The molecule has 0 unspecified atom stereocenters. The molecule has 0 bridgehead atoms. The van der Waals surface area contributed by atoms with E-state index in [0.717, 1.165) is 0 Å². The summed E-state index contributed by atoms with van der Waals surface area (Å²) in [4.78, 5) is 2.00. The Balaban J connectivity index is 0. The lowest BCUT2D eigenvalue weighted by atomic mass is 10.7. The van der Waals surface area contributed by atoms with Gasteiger partial charge >= 0.3 is 12.6 Å². The fourth-order valence-electron chi connectivity index (χ4n) is 0. The molecule has 1 nitrogen and oxygen atoms in total. The molecule has 0 aromatic rings. The predicted octanol–water partition coefficient (Wildman–Crippen LogP) is 2.15. The third-order valence-corrected chi connectivity index (χ3v) is 0.214. The standard InChI is InChI=1S/C3H9N.C2F5/c1-4(2)3;3-1(4)2(5,6)7/h1-3H3;. The Labute approximate surface area is 61.8 Å². The van der Waals surface area contributed by atoms with Gasteiger partial charge < -0.3 is 4.90 Å². The molecule has 0 heterocycles. The lowest BCUT2D eigenvalue weighted by Crippen LogP contribution is -2.11. The molecular weight excluding hydrogens is 169 g/mol. The third kappa shape index (κ3) is 17.7. The second-order valence-corrected chi connectivity index (χ2v) is 2.10. The molecule has 1 radical (unpaired) electrons. The van der Waals surface area contributed by atoms with E-state index in [1.54, 1.807) is 0 Å². The molecule has 0 fully saturated rings. The molecule has 0 aromatic heterocycles. The van der Waals surface area contributed by atoms with Gasteiger partial charge in [0.1, 0.15) is 0 Å². The van der Waals surface area contributed by atoms with Gasteiger partial charge in [-0.1, -0.05) is 0 Å². The maximum absolute atomic E-state index is 10.4. The molecule has 0 spiro atoms. The molecule has 69 valence electrons. The summed E-state index contributed by atoms with van der Waals surface area (Å²) in [6, 6.07) is 0. The van der Waals surface area contributed by atoms with Crippen molar-refractivity contribution in [2.45, 2.75) is 6.18 Å². The Hall–Kier alpha value is -0.390. The first-order chi connectivity index (χ1) is 4.68. The summed E-state index contributed by atoms with van der Waals surface area (Å²) < 4.78 is 51.8. The molecule has 0 rings (SSSR count). The molecule has 0 N–H and O–H groups in total. The SMILES string of the molecule is CN(C)C.F[C](F)C(F)(F)F. The Morgan fingerprint density at radius 2 is 1.09 bits per heavy atom. The smallest absolute Gasteiger partial charge is 0.312 e. The first-order valence-electron chi connectivity index (χ1n) is 2.54. The first kappa shape index (κ1) is 13.2. The highest BCUT2D eigenvalue weighted by Gasteiger charge is 2.43. The van der Waals surface area contributed by atoms with E-state index in [-0.39, 0.29) is 0 Å². The molecule has 0 aromatic carbocycles. The molecular formula is C5H9F5N. The summed E-state index contributed by atoms with van der Waals surface area (Å²) in [6.45, 7) is 0. The van der Waals surface area contributed by atoms with Crippen LogP contribution in [-0.4, -0.2) is 32.2 Å². The van der Waals surface area contributed by atoms with E-state index in [0.29, 0.717) is 0 Å². The normalized spacial score (nSPS) is 11.5. The number of rotatable bonds is 0. The van der Waals surface area contributed by atoms with Gasteiger partial charge in [0.15, 0.2) is 0 Å². The van der Waals surface area contributed by atoms with E-state index < -0.39 is 12.6 Å². The summed E-state index contributed by atoms with van der Waals surface area (Å²) in [5.41, 5.74) is 0. The van der Waals surface area contributed by atoms with Crippen molar-refractivity contribution in [2.24, 2.45) is 0 Å². The van der Waals surface area contributed by atoms with Gasteiger partial charge in [0.2, 0.25) is 0 Å². The second kappa shape index (κ2) is 5.29. The molecule has 0 amide bonds. The molecule has 0 aliphatic rings. The van der Waals surface area contributed by atoms with Crippen LogP contribution >= 0.6 is 0 Å². The van der Waals surface area contributed by atoms with Crippen LogP contribution in [0.2, 0.25) is 0 Å². The topological polar surface area (TPSA) is 3.24 Å². The van der Waals surface area contributed by atoms with Crippen LogP contribution in [0.15, 0.2) is 0 Å². The average molecular weight is 178 g/mol. The van der Waals surface area contributed by atoms with E-state index in [2.05, 4.69) is 0 Å². The maximum atomic E-state index is 10.4.